The summed E-state index contributed by atoms with van der Waals surface area (Å²) in [5.41, 5.74) is 0. The molecule has 90 valence electrons. The number of nitriles is 1. The average molecular weight is 244 g/mol. The van der Waals surface area contributed by atoms with Gasteiger partial charge < -0.3 is 4.90 Å². The first-order valence-electron chi connectivity index (χ1n) is 5.57. The van der Waals surface area contributed by atoms with Crippen molar-refractivity contribution in [1.29, 1.82) is 5.26 Å². The summed E-state index contributed by atoms with van der Waals surface area (Å²) >= 11 is 5.50. The molecule has 1 heterocycles. The zero-order valence-electron chi connectivity index (χ0n) is 9.82. The molecule has 1 saturated heterocycles. The van der Waals surface area contributed by atoms with Crippen molar-refractivity contribution in [3.05, 3.63) is 0 Å². The molecule has 1 amide bonds. The van der Waals surface area contributed by atoms with Crippen molar-refractivity contribution >= 4 is 17.5 Å². The van der Waals surface area contributed by atoms with Gasteiger partial charge >= 0.3 is 0 Å². The fourth-order valence-corrected chi connectivity index (χ4v) is 2.16. The summed E-state index contributed by atoms with van der Waals surface area (Å²) in [7, 11) is 0. The van der Waals surface area contributed by atoms with Gasteiger partial charge in [-0.2, -0.15) is 5.26 Å². The molecule has 1 aliphatic rings. The number of carbonyl (C=O) groups is 1. The molecule has 4 nitrogen and oxygen atoms in total. The van der Waals surface area contributed by atoms with Crippen LogP contribution in [0.4, 0.5) is 0 Å². The first kappa shape index (κ1) is 13.3. The highest BCUT2D eigenvalue weighted by molar-refractivity contribution is 6.27. The van der Waals surface area contributed by atoms with Crippen LogP contribution in [0.1, 0.15) is 13.8 Å². The van der Waals surface area contributed by atoms with Crippen molar-refractivity contribution in [3.8, 4) is 6.07 Å². The molecule has 1 rings (SSSR count). The third-order valence-electron chi connectivity index (χ3n) is 2.94. The number of halogens is 1. The van der Waals surface area contributed by atoms with Gasteiger partial charge in [-0.1, -0.05) is 13.8 Å². The maximum absolute atomic E-state index is 11.4. The van der Waals surface area contributed by atoms with E-state index in [0.717, 1.165) is 13.1 Å². The molecular formula is C11H18ClN3O. The normalized spacial score (nSPS) is 19.6. The van der Waals surface area contributed by atoms with Gasteiger partial charge in [-0.3, -0.25) is 9.69 Å². The summed E-state index contributed by atoms with van der Waals surface area (Å²) in [5.74, 6) is 0.353. The van der Waals surface area contributed by atoms with Crippen LogP contribution in [-0.2, 0) is 4.79 Å². The van der Waals surface area contributed by atoms with Gasteiger partial charge in [0.25, 0.3) is 0 Å². The third-order valence-corrected chi connectivity index (χ3v) is 3.17. The first-order chi connectivity index (χ1) is 7.60. The maximum atomic E-state index is 11.4. The maximum Gasteiger partial charge on any atom is 0.237 e. The molecule has 16 heavy (non-hydrogen) atoms. The van der Waals surface area contributed by atoms with Crippen LogP contribution in [0.15, 0.2) is 0 Å². The SMILES string of the molecule is CC(C)C(C#N)N1CCN(C(=O)CCl)CC1. The number of hydrogen-bond acceptors (Lipinski definition) is 3. The first-order valence-corrected chi connectivity index (χ1v) is 6.11. The van der Waals surface area contributed by atoms with Crippen LogP contribution < -0.4 is 0 Å². The van der Waals surface area contributed by atoms with E-state index in [9.17, 15) is 4.79 Å². The number of amides is 1. The minimum absolute atomic E-state index is 0.0145. The van der Waals surface area contributed by atoms with Gasteiger partial charge in [-0.15, -0.1) is 11.6 Å². The highest BCUT2D eigenvalue weighted by Crippen LogP contribution is 2.13. The van der Waals surface area contributed by atoms with Crippen LogP contribution in [0.2, 0.25) is 0 Å². The lowest BCUT2D eigenvalue weighted by Crippen LogP contribution is -2.53. The number of alkyl halides is 1. The van der Waals surface area contributed by atoms with Crippen LogP contribution >= 0.6 is 11.6 Å². The molecular weight excluding hydrogens is 226 g/mol. The Kier molecular flexibility index (Phi) is 5.04. The van der Waals surface area contributed by atoms with Gasteiger partial charge in [-0.05, 0) is 5.92 Å². The summed E-state index contributed by atoms with van der Waals surface area (Å²) in [4.78, 5) is 15.3. The van der Waals surface area contributed by atoms with E-state index in [1.807, 2.05) is 13.8 Å². The Hall–Kier alpha value is -0.790. The summed E-state index contributed by atoms with van der Waals surface area (Å²) in [5, 5.41) is 9.08. The third kappa shape index (κ3) is 3.10. The van der Waals surface area contributed by atoms with Crippen molar-refractivity contribution in [2.45, 2.75) is 19.9 Å². The summed E-state index contributed by atoms with van der Waals surface area (Å²) in [6, 6.07) is 2.28. The molecule has 0 aromatic heterocycles. The van der Waals surface area contributed by atoms with E-state index in [0.29, 0.717) is 19.0 Å². The lowest BCUT2D eigenvalue weighted by atomic mass is 10.0. The van der Waals surface area contributed by atoms with E-state index in [1.54, 1.807) is 4.90 Å². The van der Waals surface area contributed by atoms with Gasteiger partial charge in [0.15, 0.2) is 0 Å². The van der Waals surface area contributed by atoms with E-state index in [-0.39, 0.29) is 17.8 Å². The second-order valence-corrected chi connectivity index (χ2v) is 4.64. The van der Waals surface area contributed by atoms with Crippen molar-refractivity contribution in [1.82, 2.24) is 9.80 Å². The van der Waals surface area contributed by atoms with E-state index in [4.69, 9.17) is 16.9 Å². The molecule has 0 saturated carbocycles. The number of rotatable bonds is 3. The quantitative estimate of drug-likeness (QED) is 0.693. The second-order valence-electron chi connectivity index (χ2n) is 4.37. The number of carbonyl (C=O) groups excluding carboxylic acids is 1. The zero-order valence-corrected chi connectivity index (χ0v) is 10.6. The Bertz CT molecular complexity index is 279. The van der Waals surface area contributed by atoms with Gasteiger partial charge in [0.2, 0.25) is 5.91 Å². The highest BCUT2D eigenvalue weighted by atomic mass is 35.5. The van der Waals surface area contributed by atoms with E-state index < -0.39 is 0 Å². The summed E-state index contributed by atoms with van der Waals surface area (Å²) < 4.78 is 0. The molecule has 1 unspecified atom stereocenters. The number of nitrogens with zero attached hydrogens (tertiary/aromatic N) is 3. The second kappa shape index (κ2) is 6.07. The minimum Gasteiger partial charge on any atom is -0.339 e. The Morgan fingerprint density at radius 2 is 1.94 bits per heavy atom. The molecule has 0 bridgehead atoms. The predicted octanol–water partition coefficient (Wildman–Crippen LogP) is 0.918. The average Bonchev–Trinajstić information content (AvgIpc) is 2.29. The molecule has 5 heteroatoms. The van der Waals surface area contributed by atoms with Gasteiger partial charge in [-0.25, -0.2) is 0 Å². The monoisotopic (exact) mass is 243 g/mol. The highest BCUT2D eigenvalue weighted by Gasteiger charge is 2.27. The largest absolute Gasteiger partial charge is 0.339 e. The van der Waals surface area contributed by atoms with Crippen LogP contribution in [0.3, 0.4) is 0 Å². The Labute approximate surface area is 102 Å². The van der Waals surface area contributed by atoms with Crippen LogP contribution in [0.5, 0.6) is 0 Å². The van der Waals surface area contributed by atoms with Crippen molar-refractivity contribution < 1.29 is 4.79 Å². The van der Waals surface area contributed by atoms with E-state index in [2.05, 4.69) is 11.0 Å². The van der Waals surface area contributed by atoms with Gasteiger partial charge in [0.1, 0.15) is 11.9 Å². The fraction of sp³-hybridized carbons (Fsp3) is 0.818. The van der Waals surface area contributed by atoms with Crippen LogP contribution in [0.25, 0.3) is 0 Å². The Morgan fingerprint density at radius 1 is 1.38 bits per heavy atom. The summed E-state index contributed by atoms with van der Waals surface area (Å²) in [6.07, 6.45) is 0. The standard InChI is InChI=1S/C11H18ClN3O/c1-9(2)10(8-13)14-3-5-15(6-4-14)11(16)7-12/h9-10H,3-7H2,1-2H3. The predicted molar refractivity (Wildman–Crippen MR) is 63.1 cm³/mol. The molecule has 0 N–H and O–H groups in total. The molecule has 1 fully saturated rings. The topological polar surface area (TPSA) is 47.3 Å². The Morgan fingerprint density at radius 3 is 2.31 bits per heavy atom. The van der Waals surface area contributed by atoms with Crippen LogP contribution in [-0.4, -0.2) is 53.8 Å². The van der Waals surface area contributed by atoms with Gasteiger partial charge in [0, 0.05) is 26.2 Å². The summed E-state index contributed by atoms with van der Waals surface area (Å²) in [6.45, 7) is 6.97. The van der Waals surface area contributed by atoms with Crippen molar-refractivity contribution in [2.24, 2.45) is 5.92 Å². The van der Waals surface area contributed by atoms with Crippen molar-refractivity contribution in [2.75, 3.05) is 32.1 Å². The Balaban J connectivity index is 2.49. The van der Waals surface area contributed by atoms with Gasteiger partial charge in [0.05, 0.1) is 6.07 Å². The molecule has 1 aliphatic heterocycles. The lowest BCUT2D eigenvalue weighted by molar-refractivity contribution is -0.130. The molecule has 1 atom stereocenters. The molecule has 0 aromatic rings. The van der Waals surface area contributed by atoms with Crippen LogP contribution in [0, 0.1) is 17.2 Å². The fourth-order valence-electron chi connectivity index (χ4n) is 1.99. The molecule has 0 radical (unpaired) electrons. The van der Waals surface area contributed by atoms with Crippen molar-refractivity contribution in [3.63, 3.8) is 0 Å². The molecule has 0 aromatic carbocycles. The lowest BCUT2D eigenvalue weighted by Gasteiger charge is -2.37. The molecule has 0 aliphatic carbocycles. The van der Waals surface area contributed by atoms with E-state index in [1.165, 1.54) is 0 Å². The number of piperazine rings is 1. The molecule has 0 spiro atoms. The minimum atomic E-state index is -0.0479. The number of hydrogen-bond donors (Lipinski definition) is 0. The van der Waals surface area contributed by atoms with E-state index >= 15 is 0 Å². The smallest absolute Gasteiger partial charge is 0.237 e. The zero-order chi connectivity index (χ0) is 12.1.